The van der Waals surface area contributed by atoms with Crippen molar-refractivity contribution in [2.75, 3.05) is 6.54 Å². The number of aromatic nitrogens is 3. The molecular weight excluding hydrogens is 233 g/mol. The summed E-state index contributed by atoms with van der Waals surface area (Å²) in [5.74, 6) is -1.19. The van der Waals surface area contributed by atoms with Crippen molar-refractivity contribution in [1.82, 2.24) is 20.3 Å². The third-order valence-corrected chi connectivity index (χ3v) is 3.06. The molecule has 1 aromatic heterocycles. The van der Waals surface area contributed by atoms with Crippen molar-refractivity contribution in [3.8, 4) is 0 Å². The summed E-state index contributed by atoms with van der Waals surface area (Å²) >= 11 is 0. The number of piperidine rings is 1. The van der Waals surface area contributed by atoms with E-state index in [1.807, 2.05) is 0 Å². The summed E-state index contributed by atoms with van der Waals surface area (Å²) in [6.07, 6.45) is -1.55. The quantitative estimate of drug-likeness (QED) is 0.857. The van der Waals surface area contributed by atoms with Gasteiger partial charge in [-0.2, -0.15) is 13.2 Å². The van der Waals surface area contributed by atoms with Crippen LogP contribution in [0.1, 0.15) is 18.5 Å². The smallest absolute Gasteiger partial charge is 0.314 e. The molecule has 2 atom stereocenters. The van der Waals surface area contributed by atoms with Crippen molar-refractivity contribution < 1.29 is 13.2 Å². The Labute approximate surface area is 97.2 Å². The van der Waals surface area contributed by atoms with Crippen LogP contribution in [0, 0.1) is 5.92 Å². The van der Waals surface area contributed by atoms with E-state index in [4.69, 9.17) is 0 Å². The van der Waals surface area contributed by atoms with Gasteiger partial charge in [-0.3, -0.25) is 4.68 Å². The Morgan fingerprint density at radius 1 is 1.53 bits per heavy atom. The maximum Gasteiger partial charge on any atom is 0.391 e. The van der Waals surface area contributed by atoms with Crippen LogP contribution >= 0.6 is 0 Å². The Morgan fingerprint density at radius 2 is 2.29 bits per heavy atom. The van der Waals surface area contributed by atoms with Crippen molar-refractivity contribution in [2.45, 2.75) is 31.5 Å². The van der Waals surface area contributed by atoms with Gasteiger partial charge in [-0.15, -0.1) is 5.10 Å². The van der Waals surface area contributed by atoms with Gasteiger partial charge in [0.2, 0.25) is 0 Å². The molecule has 0 amide bonds. The zero-order valence-corrected chi connectivity index (χ0v) is 9.54. The van der Waals surface area contributed by atoms with Gasteiger partial charge in [0.25, 0.3) is 0 Å². The second-order valence-corrected chi connectivity index (χ2v) is 4.50. The highest BCUT2D eigenvalue weighted by molar-refractivity contribution is 4.97. The fourth-order valence-electron chi connectivity index (χ4n) is 2.20. The van der Waals surface area contributed by atoms with Crippen LogP contribution in [0.25, 0.3) is 0 Å². The van der Waals surface area contributed by atoms with E-state index in [0.29, 0.717) is 13.0 Å². The number of nitrogens with one attached hydrogen (secondary N) is 1. The summed E-state index contributed by atoms with van der Waals surface area (Å²) < 4.78 is 39.3. The lowest BCUT2D eigenvalue weighted by molar-refractivity contribution is -0.183. The topological polar surface area (TPSA) is 42.7 Å². The average molecular weight is 248 g/mol. The summed E-state index contributed by atoms with van der Waals surface area (Å²) in [4.78, 5) is 0. The number of aryl methyl sites for hydroxylation is 1. The molecule has 2 rings (SSSR count). The Hall–Kier alpha value is -1.11. The fraction of sp³-hybridized carbons (Fsp3) is 0.800. The molecule has 0 spiro atoms. The minimum Gasteiger partial charge on any atom is -0.314 e. The normalized spacial score (nSPS) is 26.1. The van der Waals surface area contributed by atoms with Crippen LogP contribution in [0.4, 0.5) is 13.2 Å². The SMILES string of the molecule is Cn1cc(CC2CC(C(F)(F)F)CCN2)nn1. The van der Waals surface area contributed by atoms with E-state index in [-0.39, 0.29) is 18.9 Å². The molecule has 96 valence electrons. The van der Waals surface area contributed by atoms with Crippen LogP contribution in [0.2, 0.25) is 0 Å². The third-order valence-electron chi connectivity index (χ3n) is 3.06. The first-order chi connectivity index (χ1) is 7.95. The summed E-state index contributed by atoms with van der Waals surface area (Å²) in [6.45, 7) is 0.412. The lowest BCUT2D eigenvalue weighted by atomic mass is 9.90. The summed E-state index contributed by atoms with van der Waals surface area (Å²) in [7, 11) is 1.74. The third kappa shape index (κ3) is 3.18. The van der Waals surface area contributed by atoms with Gasteiger partial charge in [0, 0.05) is 25.7 Å². The average Bonchev–Trinajstić information content (AvgIpc) is 2.63. The first-order valence-corrected chi connectivity index (χ1v) is 5.60. The number of nitrogens with zero attached hydrogens (tertiary/aromatic N) is 3. The summed E-state index contributed by atoms with van der Waals surface area (Å²) in [5, 5.41) is 10.8. The molecule has 1 fully saturated rings. The molecule has 7 heteroatoms. The molecular formula is C10H15F3N4. The molecule has 2 heterocycles. The number of hydrogen-bond acceptors (Lipinski definition) is 3. The van der Waals surface area contributed by atoms with Crippen LogP contribution in [0.15, 0.2) is 6.20 Å². The van der Waals surface area contributed by atoms with Crippen LogP contribution in [0.5, 0.6) is 0 Å². The van der Waals surface area contributed by atoms with Crippen molar-refractivity contribution in [3.05, 3.63) is 11.9 Å². The number of rotatable bonds is 2. The highest BCUT2D eigenvalue weighted by Gasteiger charge is 2.42. The van der Waals surface area contributed by atoms with Gasteiger partial charge >= 0.3 is 6.18 Å². The largest absolute Gasteiger partial charge is 0.391 e. The van der Waals surface area contributed by atoms with Gasteiger partial charge in [0.15, 0.2) is 0 Å². The van der Waals surface area contributed by atoms with Gasteiger partial charge < -0.3 is 5.32 Å². The van der Waals surface area contributed by atoms with Crippen molar-refractivity contribution in [3.63, 3.8) is 0 Å². The maximum atomic E-state index is 12.6. The second kappa shape index (κ2) is 4.64. The van der Waals surface area contributed by atoms with Crippen LogP contribution in [0.3, 0.4) is 0 Å². The Kier molecular flexibility index (Phi) is 3.37. The summed E-state index contributed by atoms with van der Waals surface area (Å²) in [6, 6.07) is -0.160. The molecule has 1 aliphatic rings. The van der Waals surface area contributed by atoms with Crippen molar-refractivity contribution in [2.24, 2.45) is 13.0 Å². The van der Waals surface area contributed by atoms with Crippen LogP contribution in [-0.2, 0) is 13.5 Å². The second-order valence-electron chi connectivity index (χ2n) is 4.50. The molecule has 0 saturated carbocycles. The van der Waals surface area contributed by atoms with Gasteiger partial charge in [0.05, 0.1) is 11.6 Å². The van der Waals surface area contributed by atoms with Gasteiger partial charge in [-0.25, -0.2) is 0 Å². The van der Waals surface area contributed by atoms with Gasteiger partial charge in [-0.1, -0.05) is 5.21 Å². The van der Waals surface area contributed by atoms with Crippen LogP contribution < -0.4 is 5.32 Å². The molecule has 0 aromatic carbocycles. The monoisotopic (exact) mass is 248 g/mol. The Bertz CT molecular complexity index is 374. The highest BCUT2D eigenvalue weighted by Crippen LogP contribution is 2.34. The molecule has 1 N–H and O–H groups in total. The molecule has 0 bridgehead atoms. The molecule has 1 saturated heterocycles. The van der Waals surface area contributed by atoms with Crippen LogP contribution in [-0.4, -0.2) is 33.8 Å². The fourth-order valence-corrected chi connectivity index (χ4v) is 2.20. The van der Waals surface area contributed by atoms with Gasteiger partial charge in [0.1, 0.15) is 0 Å². The molecule has 0 radical (unpaired) electrons. The maximum absolute atomic E-state index is 12.6. The minimum atomic E-state index is -4.08. The predicted octanol–water partition coefficient (Wildman–Crippen LogP) is 1.29. The molecule has 4 nitrogen and oxygen atoms in total. The van der Waals surface area contributed by atoms with Crippen molar-refractivity contribution in [1.29, 1.82) is 0 Å². The van der Waals surface area contributed by atoms with E-state index < -0.39 is 12.1 Å². The summed E-state index contributed by atoms with van der Waals surface area (Å²) in [5.41, 5.74) is 0.729. The lowest BCUT2D eigenvalue weighted by Crippen LogP contribution is -2.43. The number of alkyl halides is 3. The zero-order chi connectivity index (χ0) is 12.5. The van der Waals surface area contributed by atoms with E-state index in [2.05, 4.69) is 15.6 Å². The molecule has 17 heavy (non-hydrogen) atoms. The van der Waals surface area contributed by atoms with E-state index in [1.54, 1.807) is 17.9 Å². The van der Waals surface area contributed by atoms with E-state index in [9.17, 15) is 13.2 Å². The first-order valence-electron chi connectivity index (χ1n) is 5.60. The van der Waals surface area contributed by atoms with E-state index >= 15 is 0 Å². The van der Waals surface area contributed by atoms with Gasteiger partial charge in [-0.05, 0) is 19.4 Å². The molecule has 2 unspecified atom stereocenters. The molecule has 1 aliphatic heterocycles. The molecule has 0 aliphatic carbocycles. The standard InChI is InChI=1S/C10H15F3N4/c1-17-6-9(15-16-17)5-8-4-7(2-3-14-8)10(11,12)13/h6-8,14H,2-5H2,1H3. The molecule has 1 aromatic rings. The number of hydrogen-bond donors (Lipinski definition) is 1. The number of halogens is 3. The Morgan fingerprint density at radius 3 is 2.88 bits per heavy atom. The first kappa shape index (κ1) is 12.3. The predicted molar refractivity (Wildman–Crippen MR) is 55.3 cm³/mol. The van der Waals surface area contributed by atoms with E-state index in [1.165, 1.54) is 0 Å². The van der Waals surface area contributed by atoms with E-state index in [0.717, 1.165) is 5.69 Å². The Balaban J connectivity index is 1.94. The van der Waals surface area contributed by atoms with Crippen molar-refractivity contribution >= 4 is 0 Å². The zero-order valence-electron chi connectivity index (χ0n) is 9.54. The minimum absolute atomic E-state index is 0.125. The highest BCUT2D eigenvalue weighted by atomic mass is 19.4. The lowest BCUT2D eigenvalue weighted by Gasteiger charge is -2.31.